The standard InChI is InChI=1S/C23H34O/c1-6-7-9-13-23-14-10-8-11-18(23)21(4)15-12-19(24)20(2,3)22(21,5)16-17-23/h11H,6-8,10,12,14-17H2,1-5H3. The Bertz CT molecular complexity index is 628. The molecule has 2 saturated carbocycles. The van der Waals surface area contributed by atoms with Gasteiger partial charge in [-0.3, -0.25) is 4.79 Å². The Hall–Kier alpha value is -1.03. The third kappa shape index (κ3) is 2.18. The highest BCUT2D eigenvalue weighted by molar-refractivity contribution is 5.86. The van der Waals surface area contributed by atoms with Crippen LogP contribution in [0.4, 0.5) is 0 Å². The van der Waals surface area contributed by atoms with Crippen LogP contribution in [0, 0.1) is 33.5 Å². The Morgan fingerprint density at radius 2 is 1.83 bits per heavy atom. The first kappa shape index (κ1) is 17.8. The number of hydrogen-bond acceptors (Lipinski definition) is 1. The summed E-state index contributed by atoms with van der Waals surface area (Å²) in [4.78, 5) is 12.7. The van der Waals surface area contributed by atoms with E-state index in [2.05, 4.69) is 52.5 Å². The van der Waals surface area contributed by atoms with E-state index in [1.807, 2.05) is 0 Å². The minimum atomic E-state index is -0.235. The monoisotopic (exact) mass is 326 g/mol. The van der Waals surface area contributed by atoms with Gasteiger partial charge in [-0.25, -0.2) is 0 Å². The van der Waals surface area contributed by atoms with Crippen molar-refractivity contribution in [3.8, 4) is 11.8 Å². The van der Waals surface area contributed by atoms with Crippen molar-refractivity contribution in [1.82, 2.24) is 0 Å². The van der Waals surface area contributed by atoms with Gasteiger partial charge in [0.25, 0.3) is 0 Å². The highest BCUT2D eigenvalue weighted by Crippen LogP contribution is 2.71. The largest absolute Gasteiger partial charge is 0.299 e. The van der Waals surface area contributed by atoms with Crippen molar-refractivity contribution < 1.29 is 4.79 Å². The Labute approximate surface area is 148 Å². The normalized spacial score (nSPS) is 40.7. The summed E-state index contributed by atoms with van der Waals surface area (Å²) in [7, 11) is 0. The van der Waals surface area contributed by atoms with Crippen LogP contribution < -0.4 is 0 Å². The predicted octanol–water partition coefficient (Wildman–Crippen LogP) is 6.08. The molecule has 3 aliphatic rings. The number of allylic oxidation sites excluding steroid dienone is 2. The minimum Gasteiger partial charge on any atom is -0.299 e. The van der Waals surface area contributed by atoms with Crippen LogP contribution in [0.1, 0.15) is 92.4 Å². The quantitative estimate of drug-likeness (QED) is 0.421. The molecule has 0 amide bonds. The number of fused-ring (bicyclic) bond motifs is 3. The molecule has 0 radical (unpaired) electrons. The van der Waals surface area contributed by atoms with Crippen LogP contribution in [0.25, 0.3) is 0 Å². The zero-order valence-corrected chi connectivity index (χ0v) is 16.3. The van der Waals surface area contributed by atoms with Crippen LogP contribution in [-0.2, 0) is 4.79 Å². The smallest absolute Gasteiger partial charge is 0.139 e. The summed E-state index contributed by atoms with van der Waals surface area (Å²) in [6.07, 6.45) is 12.3. The molecule has 3 atom stereocenters. The summed E-state index contributed by atoms with van der Waals surface area (Å²) in [5, 5.41) is 0. The number of unbranched alkanes of at least 4 members (excludes halogenated alkanes) is 1. The fourth-order valence-electron chi connectivity index (χ4n) is 5.98. The molecule has 0 aromatic heterocycles. The number of carbonyl (C=O) groups excluding carboxylic acids is 1. The van der Waals surface area contributed by atoms with Gasteiger partial charge in [0.1, 0.15) is 5.78 Å². The third-order valence-electron chi connectivity index (χ3n) is 8.17. The second-order valence-corrected chi connectivity index (χ2v) is 9.36. The molecule has 2 fully saturated rings. The van der Waals surface area contributed by atoms with Gasteiger partial charge < -0.3 is 0 Å². The summed E-state index contributed by atoms with van der Waals surface area (Å²) in [6, 6.07) is 0. The van der Waals surface area contributed by atoms with Crippen LogP contribution in [0.2, 0.25) is 0 Å². The van der Waals surface area contributed by atoms with Gasteiger partial charge in [0.15, 0.2) is 0 Å². The molecule has 0 aromatic carbocycles. The molecule has 24 heavy (non-hydrogen) atoms. The van der Waals surface area contributed by atoms with Gasteiger partial charge in [-0.15, -0.1) is 5.92 Å². The van der Waals surface area contributed by atoms with Crippen molar-refractivity contribution in [1.29, 1.82) is 0 Å². The maximum atomic E-state index is 12.7. The topological polar surface area (TPSA) is 17.1 Å². The molecule has 0 heterocycles. The van der Waals surface area contributed by atoms with Crippen LogP contribution in [-0.4, -0.2) is 5.78 Å². The molecular formula is C23H34O. The lowest BCUT2D eigenvalue weighted by Crippen LogP contribution is -2.61. The lowest BCUT2D eigenvalue weighted by molar-refractivity contribution is -0.157. The molecule has 3 unspecified atom stereocenters. The highest BCUT2D eigenvalue weighted by Gasteiger charge is 2.65. The summed E-state index contributed by atoms with van der Waals surface area (Å²) in [6.45, 7) is 11.5. The molecule has 1 nitrogen and oxygen atoms in total. The van der Waals surface area contributed by atoms with Crippen molar-refractivity contribution in [3.05, 3.63) is 11.6 Å². The van der Waals surface area contributed by atoms with E-state index >= 15 is 0 Å². The molecule has 1 heteroatoms. The van der Waals surface area contributed by atoms with Gasteiger partial charge >= 0.3 is 0 Å². The van der Waals surface area contributed by atoms with Crippen LogP contribution in [0.5, 0.6) is 0 Å². The van der Waals surface area contributed by atoms with Gasteiger partial charge in [-0.1, -0.05) is 46.6 Å². The SMILES string of the molecule is CCCC#CC12CCCC=C1C1(C)CCC(=O)C(C)(C)C1(C)CC2. The van der Waals surface area contributed by atoms with Gasteiger partial charge in [0.2, 0.25) is 0 Å². The molecule has 132 valence electrons. The van der Waals surface area contributed by atoms with Gasteiger partial charge in [-0.2, -0.15) is 0 Å². The van der Waals surface area contributed by atoms with Crippen molar-refractivity contribution >= 4 is 5.78 Å². The number of ketones is 1. The molecule has 0 saturated heterocycles. The molecular weight excluding hydrogens is 292 g/mol. The fourth-order valence-corrected chi connectivity index (χ4v) is 5.98. The second-order valence-electron chi connectivity index (χ2n) is 9.36. The van der Waals surface area contributed by atoms with Gasteiger partial charge in [0.05, 0.1) is 5.41 Å². The first-order valence-corrected chi connectivity index (χ1v) is 9.98. The molecule has 0 aromatic rings. The van der Waals surface area contributed by atoms with Crippen molar-refractivity contribution in [2.45, 2.75) is 92.4 Å². The molecule has 0 bridgehead atoms. The zero-order valence-electron chi connectivity index (χ0n) is 16.3. The number of carbonyl (C=O) groups is 1. The maximum absolute atomic E-state index is 12.7. The Balaban J connectivity index is 2.11. The van der Waals surface area contributed by atoms with Gasteiger partial charge in [0, 0.05) is 18.3 Å². The van der Waals surface area contributed by atoms with E-state index in [1.165, 1.54) is 19.3 Å². The van der Waals surface area contributed by atoms with E-state index < -0.39 is 0 Å². The Morgan fingerprint density at radius 1 is 1.08 bits per heavy atom. The third-order valence-corrected chi connectivity index (χ3v) is 8.17. The molecule has 3 rings (SSSR count). The summed E-state index contributed by atoms with van der Waals surface area (Å²) >= 11 is 0. The lowest BCUT2D eigenvalue weighted by Gasteiger charge is -2.65. The Morgan fingerprint density at radius 3 is 2.54 bits per heavy atom. The highest BCUT2D eigenvalue weighted by atomic mass is 16.1. The first-order valence-electron chi connectivity index (χ1n) is 9.98. The van der Waals surface area contributed by atoms with E-state index in [9.17, 15) is 4.79 Å². The average Bonchev–Trinajstić information content (AvgIpc) is 2.56. The van der Waals surface area contributed by atoms with E-state index in [0.717, 1.165) is 38.5 Å². The fraction of sp³-hybridized carbons (Fsp3) is 0.783. The second kappa shape index (κ2) is 5.76. The predicted molar refractivity (Wildman–Crippen MR) is 101 cm³/mol. The molecule has 0 N–H and O–H groups in total. The van der Waals surface area contributed by atoms with E-state index in [1.54, 1.807) is 5.57 Å². The number of Topliss-reactive ketones (excluding diaryl/α,β-unsaturated/α-hetero) is 1. The van der Waals surface area contributed by atoms with Gasteiger partial charge in [-0.05, 0) is 61.3 Å². The summed E-state index contributed by atoms with van der Waals surface area (Å²) in [5.41, 5.74) is 1.62. The van der Waals surface area contributed by atoms with Crippen molar-refractivity contribution in [2.75, 3.05) is 0 Å². The summed E-state index contributed by atoms with van der Waals surface area (Å²) < 4.78 is 0. The van der Waals surface area contributed by atoms with Crippen molar-refractivity contribution in [3.63, 3.8) is 0 Å². The van der Waals surface area contributed by atoms with Crippen LogP contribution >= 0.6 is 0 Å². The molecule has 0 aliphatic heterocycles. The lowest BCUT2D eigenvalue weighted by atomic mass is 9.37. The minimum absolute atomic E-state index is 0.0500. The zero-order chi connectivity index (χ0) is 17.6. The molecule has 0 spiro atoms. The Kier molecular flexibility index (Phi) is 4.26. The van der Waals surface area contributed by atoms with Crippen LogP contribution in [0.3, 0.4) is 0 Å². The van der Waals surface area contributed by atoms with E-state index in [-0.39, 0.29) is 21.7 Å². The number of rotatable bonds is 1. The first-order chi connectivity index (χ1) is 11.2. The van der Waals surface area contributed by atoms with E-state index in [0.29, 0.717) is 5.78 Å². The average molecular weight is 327 g/mol. The van der Waals surface area contributed by atoms with E-state index in [4.69, 9.17) is 0 Å². The number of hydrogen-bond donors (Lipinski definition) is 0. The summed E-state index contributed by atoms with van der Waals surface area (Å²) in [5.74, 6) is 7.70. The maximum Gasteiger partial charge on any atom is 0.139 e. The molecule has 3 aliphatic carbocycles. The van der Waals surface area contributed by atoms with Crippen molar-refractivity contribution in [2.24, 2.45) is 21.7 Å². The van der Waals surface area contributed by atoms with Crippen LogP contribution in [0.15, 0.2) is 11.6 Å².